The summed E-state index contributed by atoms with van der Waals surface area (Å²) in [7, 11) is 4.31. The van der Waals surface area contributed by atoms with Gasteiger partial charge in [-0.05, 0) is 61.9 Å². The van der Waals surface area contributed by atoms with E-state index in [1.54, 1.807) is 0 Å². The van der Waals surface area contributed by atoms with E-state index >= 15 is 0 Å². The van der Waals surface area contributed by atoms with Gasteiger partial charge >= 0.3 is 6.09 Å². The first-order valence-corrected chi connectivity index (χ1v) is 9.01. The van der Waals surface area contributed by atoms with Crippen LogP contribution >= 0.6 is 0 Å². The Hall–Kier alpha value is -2.53. The van der Waals surface area contributed by atoms with Crippen molar-refractivity contribution in [2.24, 2.45) is 0 Å². The third-order valence-corrected chi connectivity index (χ3v) is 5.78. The molecule has 2 aliphatic rings. The van der Waals surface area contributed by atoms with Crippen LogP contribution < -0.4 is 15.0 Å². The fourth-order valence-electron chi connectivity index (χ4n) is 4.59. The summed E-state index contributed by atoms with van der Waals surface area (Å²) in [6, 6.07) is 13.6. The number of rotatable bonds is 2. The summed E-state index contributed by atoms with van der Waals surface area (Å²) in [5.41, 5.74) is 4.37. The second kappa shape index (κ2) is 6.02. The fourth-order valence-corrected chi connectivity index (χ4v) is 4.59. The van der Waals surface area contributed by atoms with Crippen LogP contribution in [0, 0.1) is 6.92 Å². The monoisotopic (exact) mass is 351 g/mol. The number of ether oxygens (including phenoxy) is 1. The minimum Gasteiger partial charge on any atom is -0.410 e. The van der Waals surface area contributed by atoms with Crippen molar-refractivity contribution in [1.29, 1.82) is 0 Å². The van der Waals surface area contributed by atoms with Gasteiger partial charge in [-0.25, -0.2) is 4.79 Å². The van der Waals surface area contributed by atoms with E-state index in [4.69, 9.17) is 4.74 Å². The predicted octanol–water partition coefficient (Wildman–Crippen LogP) is 3.98. The Morgan fingerprint density at radius 3 is 2.81 bits per heavy atom. The van der Waals surface area contributed by atoms with Crippen LogP contribution in [-0.2, 0) is 5.41 Å². The highest BCUT2D eigenvalue weighted by atomic mass is 16.6. The van der Waals surface area contributed by atoms with Crippen LogP contribution in [0.2, 0.25) is 0 Å². The number of nitrogens with zero attached hydrogens (tertiary/aromatic N) is 2. The highest BCUT2D eigenvalue weighted by molar-refractivity contribution is 5.86. The quantitative estimate of drug-likeness (QED) is 0.889. The third-order valence-electron chi connectivity index (χ3n) is 5.78. The normalized spacial score (nSPS) is 24.3. The van der Waals surface area contributed by atoms with Crippen molar-refractivity contribution in [3.63, 3.8) is 0 Å². The van der Waals surface area contributed by atoms with Gasteiger partial charge in [-0.3, -0.25) is 10.2 Å². The van der Waals surface area contributed by atoms with Crippen molar-refractivity contribution in [2.75, 3.05) is 30.9 Å². The van der Waals surface area contributed by atoms with Crippen LogP contribution in [0.15, 0.2) is 42.5 Å². The van der Waals surface area contributed by atoms with Crippen molar-refractivity contribution in [3.8, 4) is 5.75 Å². The second-order valence-corrected chi connectivity index (χ2v) is 7.70. The number of hydrogen-bond donors (Lipinski definition) is 1. The Kier molecular flexibility index (Phi) is 3.92. The van der Waals surface area contributed by atoms with E-state index in [0.717, 1.165) is 24.2 Å². The molecule has 2 heterocycles. The molecule has 1 saturated heterocycles. The summed E-state index contributed by atoms with van der Waals surface area (Å²) in [5.74, 6) is 0.582. The lowest BCUT2D eigenvalue weighted by Gasteiger charge is -2.32. The molecule has 1 amide bonds. The van der Waals surface area contributed by atoms with Crippen LogP contribution in [0.5, 0.6) is 5.75 Å². The smallest absolute Gasteiger partial charge is 0.410 e. The molecule has 0 spiro atoms. The van der Waals surface area contributed by atoms with Crippen molar-refractivity contribution in [1.82, 2.24) is 4.90 Å². The van der Waals surface area contributed by atoms with Gasteiger partial charge in [-0.15, -0.1) is 0 Å². The average molecular weight is 351 g/mol. The predicted molar refractivity (Wildman–Crippen MR) is 104 cm³/mol. The largest absolute Gasteiger partial charge is 0.417 e. The molecule has 0 aliphatic carbocycles. The highest BCUT2D eigenvalue weighted by Gasteiger charge is 2.52. The Labute approximate surface area is 154 Å². The van der Waals surface area contributed by atoms with Crippen molar-refractivity contribution >= 4 is 17.5 Å². The van der Waals surface area contributed by atoms with E-state index in [2.05, 4.69) is 42.2 Å². The Bertz CT molecular complexity index is 866. The zero-order valence-corrected chi connectivity index (χ0v) is 15.7. The molecule has 0 unspecified atom stereocenters. The number of amides is 1. The first-order valence-electron chi connectivity index (χ1n) is 9.01. The zero-order chi connectivity index (χ0) is 18.5. The molecule has 0 saturated carbocycles. The van der Waals surface area contributed by atoms with Crippen molar-refractivity contribution < 1.29 is 9.53 Å². The topological polar surface area (TPSA) is 44.8 Å². The molecule has 0 aromatic heterocycles. The molecule has 1 fully saturated rings. The summed E-state index contributed by atoms with van der Waals surface area (Å²) in [4.78, 5) is 17.0. The number of nitrogens with one attached hydrogen (secondary N) is 1. The SMILES string of the molecule is Cc1cccc(NC(=O)Oc2ccc3c(c2)[C@]2(C)CCN(C)[C@@H]2N3C)c1. The summed E-state index contributed by atoms with van der Waals surface area (Å²) < 4.78 is 5.56. The number of carbonyl (C=O) groups is 1. The van der Waals surface area contributed by atoms with Crippen molar-refractivity contribution in [2.45, 2.75) is 31.8 Å². The number of aryl methyl sites for hydroxylation is 1. The number of fused-ring (bicyclic) bond motifs is 3. The highest BCUT2D eigenvalue weighted by Crippen LogP contribution is 2.51. The lowest BCUT2D eigenvalue weighted by atomic mass is 9.81. The molecule has 1 N–H and O–H groups in total. The van der Waals surface area contributed by atoms with Gasteiger partial charge in [-0.1, -0.05) is 19.1 Å². The van der Waals surface area contributed by atoms with Gasteiger partial charge in [0.25, 0.3) is 0 Å². The molecular formula is C21H25N3O2. The fraction of sp³-hybridized carbons (Fsp3) is 0.381. The number of likely N-dealkylation sites (tertiary alicyclic amines) is 1. The lowest BCUT2D eigenvalue weighted by molar-refractivity contribution is 0.215. The maximum atomic E-state index is 12.3. The van der Waals surface area contributed by atoms with Crippen LogP contribution in [0.25, 0.3) is 0 Å². The lowest BCUT2D eigenvalue weighted by Crippen LogP contribution is -2.45. The maximum absolute atomic E-state index is 12.3. The van der Waals surface area contributed by atoms with E-state index in [-0.39, 0.29) is 5.41 Å². The first kappa shape index (κ1) is 16.9. The van der Waals surface area contributed by atoms with Gasteiger partial charge in [-0.2, -0.15) is 0 Å². The molecule has 26 heavy (non-hydrogen) atoms. The second-order valence-electron chi connectivity index (χ2n) is 7.70. The number of carbonyl (C=O) groups excluding carboxylic acids is 1. The van der Waals surface area contributed by atoms with E-state index in [0.29, 0.717) is 11.9 Å². The minimum absolute atomic E-state index is 0.0607. The Morgan fingerprint density at radius 1 is 1.23 bits per heavy atom. The van der Waals surface area contributed by atoms with Gasteiger partial charge < -0.3 is 9.64 Å². The average Bonchev–Trinajstić information content (AvgIpc) is 3.00. The number of likely N-dealkylation sites (N-methyl/N-ethyl adjacent to an activating group) is 2. The van der Waals surface area contributed by atoms with Crippen LogP contribution in [-0.4, -0.2) is 37.8 Å². The molecule has 0 bridgehead atoms. The molecule has 2 aliphatic heterocycles. The van der Waals surface area contributed by atoms with Gasteiger partial charge in [0.1, 0.15) is 5.75 Å². The Balaban J connectivity index is 1.55. The van der Waals surface area contributed by atoms with E-state index in [1.165, 1.54) is 11.3 Å². The van der Waals surface area contributed by atoms with Gasteiger partial charge in [0.15, 0.2) is 0 Å². The van der Waals surface area contributed by atoms with Gasteiger partial charge in [0, 0.05) is 30.4 Å². The number of hydrogen-bond acceptors (Lipinski definition) is 4. The number of benzene rings is 2. The molecule has 136 valence electrons. The van der Waals surface area contributed by atoms with E-state index in [9.17, 15) is 4.79 Å². The molecular weight excluding hydrogens is 326 g/mol. The zero-order valence-electron chi connectivity index (χ0n) is 15.7. The first-order chi connectivity index (χ1) is 12.4. The minimum atomic E-state index is -0.466. The third kappa shape index (κ3) is 2.63. The molecule has 0 radical (unpaired) electrons. The summed E-state index contributed by atoms with van der Waals surface area (Å²) in [5, 5.41) is 2.79. The number of anilines is 2. The van der Waals surface area contributed by atoms with E-state index in [1.807, 2.05) is 43.3 Å². The molecule has 2 aromatic carbocycles. The molecule has 2 atom stereocenters. The maximum Gasteiger partial charge on any atom is 0.417 e. The van der Waals surface area contributed by atoms with Crippen LogP contribution in [0.1, 0.15) is 24.5 Å². The molecule has 2 aromatic rings. The molecule has 4 rings (SSSR count). The van der Waals surface area contributed by atoms with Crippen molar-refractivity contribution in [3.05, 3.63) is 53.6 Å². The standard InChI is InChI=1S/C21H25N3O2/c1-14-6-5-7-15(12-14)22-20(25)26-16-8-9-18-17(13-16)21(2)10-11-23(3)19(21)24(18)4/h5-9,12-13,19H,10-11H2,1-4H3,(H,22,25)/t19-,21+/m1/s1. The Morgan fingerprint density at radius 2 is 2.04 bits per heavy atom. The van der Waals surface area contributed by atoms with Crippen LogP contribution in [0.4, 0.5) is 16.2 Å². The molecule has 5 nitrogen and oxygen atoms in total. The molecule has 5 heteroatoms. The van der Waals surface area contributed by atoms with E-state index < -0.39 is 6.09 Å². The van der Waals surface area contributed by atoms with Gasteiger partial charge in [0.2, 0.25) is 0 Å². The summed E-state index contributed by atoms with van der Waals surface area (Å²) in [6.07, 6.45) is 0.991. The van der Waals surface area contributed by atoms with Gasteiger partial charge in [0.05, 0.1) is 6.17 Å². The van der Waals surface area contributed by atoms with Crippen LogP contribution in [0.3, 0.4) is 0 Å². The summed E-state index contributed by atoms with van der Waals surface area (Å²) in [6.45, 7) is 5.37. The summed E-state index contributed by atoms with van der Waals surface area (Å²) >= 11 is 0.